The zero-order valence-corrected chi connectivity index (χ0v) is 14.4. The van der Waals surface area contributed by atoms with Gasteiger partial charge in [-0.05, 0) is 25.5 Å². The SMILES string of the molecule is CCN(C(=O)NCc1cc(=O)n(C)c(=O)n1C)c1ccccc1C. The van der Waals surface area contributed by atoms with Gasteiger partial charge in [-0.2, -0.15) is 0 Å². The number of amides is 2. The largest absolute Gasteiger partial charge is 0.332 e. The molecule has 0 fully saturated rings. The van der Waals surface area contributed by atoms with Crippen LogP contribution < -0.4 is 21.5 Å². The van der Waals surface area contributed by atoms with E-state index in [4.69, 9.17) is 0 Å². The lowest BCUT2D eigenvalue weighted by molar-refractivity contribution is 0.246. The number of anilines is 1. The molecule has 0 spiro atoms. The summed E-state index contributed by atoms with van der Waals surface area (Å²) in [6.07, 6.45) is 0. The summed E-state index contributed by atoms with van der Waals surface area (Å²) in [4.78, 5) is 37.8. The number of benzene rings is 1. The molecule has 0 unspecified atom stereocenters. The highest BCUT2D eigenvalue weighted by molar-refractivity contribution is 5.92. The van der Waals surface area contributed by atoms with Crippen molar-refractivity contribution in [2.45, 2.75) is 20.4 Å². The fraction of sp³-hybridized carbons (Fsp3) is 0.353. The molecule has 0 saturated carbocycles. The molecule has 1 N–H and O–H groups in total. The van der Waals surface area contributed by atoms with Crippen molar-refractivity contribution in [3.8, 4) is 0 Å². The first kappa shape index (κ1) is 17.5. The molecule has 24 heavy (non-hydrogen) atoms. The Hall–Kier alpha value is -2.83. The molecule has 0 aliphatic heterocycles. The maximum atomic E-state index is 12.5. The molecule has 2 aromatic rings. The van der Waals surface area contributed by atoms with Gasteiger partial charge in [-0.1, -0.05) is 18.2 Å². The highest BCUT2D eigenvalue weighted by Gasteiger charge is 2.16. The Morgan fingerprint density at radius 3 is 2.46 bits per heavy atom. The molecule has 0 bridgehead atoms. The van der Waals surface area contributed by atoms with Crippen LogP contribution >= 0.6 is 0 Å². The third kappa shape index (κ3) is 3.40. The molecule has 7 nitrogen and oxygen atoms in total. The number of hydrogen-bond acceptors (Lipinski definition) is 3. The minimum absolute atomic E-state index is 0.100. The lowest BCUT2D eigenvalue weighted by Crippen LogP contribution is -2.43. The van der Waals surface area contributed by atoms with E-state index in [9.17, 15) is 14.4 Å². The minimum Gasteiger partial charge on any atom is -0.332 e. The Bertz CT molecular complexity index is 867. The quantitative estimate of drug-likeness (QED) is 0.913. The summed E-state index contributed by atoms with van der Waals surface area (Å²) in [6.45, 7) is 4.44. The Balaban J connectivity index is 2.20. The smallest absolute Gasteiger partial charge is 0.330 e. The highest BCUT2D eigenvalue weighted by Crippen LogP contribution is 2.19. The minimum atomic E-state index is -0.419. The number of nitrogens with one attached hydrogen (secondary N) is 1. The van der Waals surface area contributed by atoms with E-state index in [1.165, 1.54) is 17.7 Å². The number of aromatic nitrogens is 2. The monoisotopic (exact) mass is 330 g/mol. The van der Waals surface area contributed by atoms with E-state index in [0.717, 1.165) is 15.8 Å². The molecule has 0 radical (unpaired) electrons. The molecular weight excluding hydrogens is 308 g/mol. The van der Waals surface area contributed by atoms with Crippen LogP contribution in [0.1, 0.15) is 18.2 Å². The van der Waals surface area contributed by atoms with Crippen molar-refractivity contribution in [1.82, 2.24) is 14.5 Å². The molecule has 0 saturated heterocycles. The molecule has 128 valence electrons. The summed E-state index contributed by atoms with van der Waals surface area (Å²) in [6, 6.07) is 8.69. The third-order valence-corrected chi connectivity index (χ3v) is 4.01. The van der Waals surface area contributed by atoms with Gasteiger partial charge in [-0.3, -0.25) is 18.8 Å². The van der Waals surface area contributed by atoms with Gasteiger partial charge in [0.2, 0.25) is 0 Å². The molecule has 0 aliphatic carbocycles. The predicted octanol–water partition coefficient (Wildman–Crippen LogP) is 1.13. The van der Waals surface area contributed by atoms with Crippen LogP contribution in [0.3, 0.4) is 0 Å². The molecular formula is C17H22N4O3. The van der Waals surface area contributed by atoms with Crippen LogP contribution in [-0.4, -0.2) is 21.7 Å². The Kier molecular flexibility index (Phi) is 5.23. The van der Waals surface area contributed by atoms with Crippen molar-refractivity contribution in [1.29, 1.82) is 0 Å². The van der Waals surface area contributed by atoms with E-state index in [-0.39, 0.29) is 12.6 Å². The average molecular weight is 330 g/mol. The summed E-state index contributed by atoms with van der Waals surface area (Å²) >= 11 is 0. The van der Waals surface area contributed by atoms with Crippen molar-refractivity contribution in [3.05, 3.63) is 62.4 Å². The van der Waals surface area contributed by atoms with E-state index in [1.54, 1.807) is 11.9 Å². The molecule has 1 heterocycles. The first-order valence-corrected chi connectivity index (χ1v) is 7.73. The second-order valence-corrected chi connectivity index (χ2v) is 5.56. The fourth-order valence-electron chi connectivity index (χ4n) is 2.50. The van der Waals surface area contributed by atoms with Crippen LogP contribution in [0.4, 0.5) is 10.5 Å². The van der Waals surface area contributed by atoms with Crippen molar-refractivity contribution >= 4 is 11.7 Å². The van der Waals surface area contributed by atoms with Crippen LogP contribution in [0.5, 0.6) is 0 Å². The summed E-state index contributed by atoms with van der Waals surface area (Å²) in [7, 11) is 2.99. The lowest BCUT2D eigenvalue weighted by atomic mass is 10.2. The van der Waals surface area contributed by atoms with Crippen LogP contribution in [0.25, 0.3) is 0 Å². The van der Waals surface area contributed by atoms with Crippen molar-refractivity contribution in [2.24, 2.45) is 14.1 Å². The predicted molar refractivity (Wildman–Crippen MR) is 93.4 cm³/mol. The summed E-state index contributed by atoms with van der Waals surface area (Å²) in [5.41, 5.74) is 1.47. The van der Waals surface area contributed by atoms with Gasteiger partial charge in [0.25, 0.3) is 5.56 Å². The van der Waals surface area contributed by atoms with Gasteiger partial charge in [0, 0.05) is 38.1 Å². The number of carbonyl (C=O) groups excluding carboxylic acids is 1. The summed E-state index contributed by atoms with van der Waals surface area (Å²) < 4.78 is 2.38. The maximum absolute atomic E-state index is 12.5. The zero-order chi connectivity index (χ0) is 17.9. The number of para-hydroxylation sites is 1. The lowest BCUT2D eigenvalue weighted by Gasteiger charge is -2.23. The van der Waals surface area contributed by atoms with Crippen LogP contribution in [0.15, 0.2) is 39.9 Å². The van der Waals surface area contributed by atoms with Gasteiger partial charge in [0.1, 0.15) is 0 Å². The topological polar surface area (TPSA) is 76.3 Å². The normalized spacial score (nSPS) is 10.5. The van der Waals surface area contributed by atoms with Gasteiger partial charge in [-0.15, -0.1) is 0 Å². The van der Waals surface area contributed by atoms with E-state index < -0.39 is 11.2 Å². The Morgan fingerprint density at radius 2 is 1.83 bits per heavy atom. The first-order chi connectivity index (χ1) is 11.4. The second kappa shape index (κ2) is 7.16. The van der Waals surface area contributed by atoms with Gasteiger partial charge < -0.3 is 5.32 Å². The molecule has 2 rings (SSSR count). The van der Waals surface area contributed by atoms with Crippen molar-refractivity contribution in [2.75, 3.05) is 11.4 Å². The van der Waals surface area contributed by atoms with E-state index in [1.807, 2.05) is 38.1 Å². The zero-order valence-electron chi connectivity index (χ0n) is 14.4. The van der Waals surface area contributed by atoms with E-state index >= 15 is 0 Å². The Morgan fingerprint density at radius 1 is 1.17 bits per heavy atom. The molecule has 0 aliphatic rings. The fourth-order valence-corrected chi connectivity index (χ4v) is 2.50. The molecule has 2 amide bonds. The van der Waals surface area contributed by atoms with Gasteiger partial charge >= 0.3 is 11.7 Å². The maximum Gasteiger partial charge on any atom is 0.330 e. The Labute approximate surface area is 140 Å². The standard InChI is InChI=1S/C17H22N4O3/c1-5-21(14-9-7-6-8-12(14)2)16(23)18-11-13-10-15(22)20(4)17(24)19(13)3/h6-10H,5,11H2,1-4H3,(H,18,23). The van der Waals surface area contributed by atoms with Gasteiger partial charge in [0.15, 0.2) is 0 Å². The van der Waals surface area contributed by atoms with Crippen molar-refractivity contribution in [3.63, 3.8) is 0 Å². The first-order valence-electron chi connectivity index (χ1n) is 7.73. The van der Waals surface area contributed by atoms with Crippen LogP contribution in [-0.2, 0) is 20.6 Å². The average Bonchev–Trinajstić information content (AvgIpc) is 2.57. The summed E-state index contributed by atoms with van der Waals surface area (Å²) in [5.74, 6) is 0. The molecule has 1 aromatic heterocycles. The number of nitrogens with zero attached hydrogens (tertiary/aromatic N) is 3. The second-order valence-electron chi connectivity index (χ2n) is 5.56. The van der Waals surface area contributed by atoms with Crippen LogP contribution in [0.2, 0.25) is 0 Å². The van der Waals surface area contributed by atoms with E-state index in [2.05, 4.69) is 5.32 Å². The van der Waals surface area contributed by atoms with Gasteiger partial charge in [-0.25, -0.2) is 9.59 Å². The summed E-state index contributed by atoms with van der Waals surface area (Å²) in [5, 5.41) is 2.77. The number of hydrogen-bond donors (Lipinski definition) is 1. The number of rotatable bonds is 4. The third-order valence-electron chi connectivity index (χ3n) is 4.01. The molecule has 0 atom stereocenters. The van der Waals surface area contributed by atoms with E-state index in [0.29, 0.717) is 12.2 Å². The highest BCUT2D eigenvalue weighted by atomic mass is 16.2. The van der Waals surface area contributed by atoms with Gasteiger partial charge in [0.05, 0.1) is 6.54 Å². The molecule has 1 aromatic carbocycles. The number of carbonyl (C=O) groups is 1. The van der Waals surface area contributed by atoms with Crippen LogP contribution in [0, 0.1) is 6.92 Å². The number of urea groups is 1. The molecule has 7 heteroatoms. The van der Waals surface area contributed by atoms with Crippen molar-refractivity contribution < 1.29 is 4.79 Å². The number of aryl methyl sites for hydroxylation is 1.